The fourth-order valence-electron chi connectivity index (χ4n) is 1.53. The molecule has 0 bridgehead atoms. The minimum atomic E-state index is -4.92. The molecule has 0 saturated carbocycles. The van der Waals surface area contributed by atoms with Crippen LogP contribution in [0.3, 0.4) is 0 Å². The van der Waals surface area contributed by atoms with Gasteiger partial charge in [0.15, 0.2) is 0 Å². The molecule has 0 unspecified atom stereocenters. The Kier molecular flexibility index (Phi) is 4.92. The minimum absolute atomic E-state index is 0.388. The number of carbonyl (C=O) groups excluding carboxylic acids is 2. The molecule has 1 amide bonds. The van der Waals surface area contributed by atoms with E-state index in [-0.39, 0.29) is 5.69 Å². The van der Waals surface area contributed by atoms with E-state index in [1.165, 1.54) is 0 Å². The quantitative estimate of drug-likeness (QED) is 0.313. The second-order valence-electron chi connectivity index (χ2n) is 4.26. The zero-order valence-corrected chi connectivity index (χ0v) is 12.7. The van der Waals surface area contributed by atoms with Crippen LogP contribution in [0.15, 0.2) is 21.9 Å². The molecule has 0 aliphatic carbocycles. The number of amides is 1. The van der Waals surface area contributed by atoms with Gasteiger partial charge in [0.2, 0.25) is 5.91 Å². The van der Waals surface area contributed by atoms with Crippen molar-refractivity contribution in [2.45, 2.75) is 23.1 Å². The molecule has 10 nitrogen and oxygen atoms in total. The van der Waals surface area contributed by atoms with Crippen molar-refractivity contribution < 1.29 is 35.5 Å². The van der Waals surface area contributed by atoms with Gasteiger partial charge in [-0.15, -0.1) is 0 Å². The third-order valence-electron chi connectivity index (χ3n) is 2.35. The SMILES string of the molecule is CC(=O)CC(=O)Nc1cc(S(=O)(=O)O)c(N)c(S(=O)(=O)O)c1. The number of nitrogens with one attached hydrogen (secondary N) is 1. The number of ketones is 1. The highest BCUT2D eigenvalue weighted by molar-refractivity contribution is 7.87. The lowest BCUT2D eigenvalue weighted by molar-refractivity contribution is -0.124. The van der Waals surface area contributed by atoms with E-state index in [0.29, 0.717) is 12.1 Å². The van der Waals surface area contributed by atoms with Crippen molar-refractivity contribution in [1.82, 2.24) is 0 Å². The Bertz CT molecular complexity index is 789. The Morgan fingerprint density at radius 2 is 1.50 bits per heavy atom. The second kappa shape index (κ2) is 6.00. The zero-order chi connectivity index (χ0) is 17.3. The lowest BCUT2D eigenvalue weighted by atomic mass is 10.2. The molecule has 0 aliphatic rings. The molecule has 0 aliphatic heterocycles. The number of nitrogens with two attached hydrogens (primary N) is 1. The number of benzene rings is 1. The predicted octanol–water partition coefficient (Wildman–Crippen LogP) is -0.320. The molecule has 0 fully saturated rings. The summed E-state index contributed by atoms with van der Waals surface area (Å²) in [6.45, 7) is 1.13. The molecule has 22 heavy (non-hydrogen) atoms. The summed E-state index contributed by atoms with van der Waals surface area (Å²) in [4.78, 5) is 20.2. The highest BCUT2D eigenvalue weighted by Crippen LogP contribution is 2.30. The monoisotopic (exact) mass is 352 g/mol. The number of anilines is 2. The Hall–Kier alpha value is -2.02. The van der Waals surface area contributed by atoms with Crippen LogP contribution in [0, 0.1) is 0 Å². The number of Topliss-reactive ketones (excluding diaryl/α,β-unsaturated/α-hetero) is 1. The molecule has 1 rings (SSSR count). The fourth-order valence-corrected chi connectivity index (χ4v) is 2.92. The highest BCUT2D eigenvalue weighted by atomic mass is 32.2. The van der Waals surface area contributed by atoms with Gasteiger partial charge in [-0.2, -0.15) is 16.8 Å². The largest absolute Gasteiger partial charge is 0.396 e. The second-order valence-corrected chi connectivity index (χ2v) is 7.04. The first kappa shape index (κ1) is 18.0. The van der Waals surface area contributed by atoms with Crippen LogP contribution in [-0.2, 0) is 29.8 Å². The van der Waals surface area contributed by atoms with Gasteiger partial charge in [-0.1, -0.05) is 0 Å². The molecule has 5 N–H and O–H groups in total. The smallest absolute Gasteiger partial charge is 0.296 e. The van der Waals surface area contributed by atoms with E-state index in [2.05, 4.69) is 5.32 Å². The van der Waals surface area contributed by atoms with E-state index < -0.39 is 53.8 Å². The molecular formula is C10H12N2O8S2. The van der Waals surface area contributed by atoms with Gasteiger partial charge >= 0.3 is 0 Å². The van der Waals surface area contributed by atoms with Crippen LogP contribution in [-0.4, -0.2) is 37.6 Å². The van der Waals surface area contributed by atoms with Crippen molar-refractivity contribution in [3.63, 3.8) is 0 Å². The minimum Gasteiger partial charge on any atom is -0.396 e. The summed E-state index contributed by atoms with van der Waals surface area (Å²) in [6.07, 6.45) is -0.535. The van der Waals surface area contributed by atoms with Crippen molar-refractivity contribution in [1.29, 1.82) is 0 Å². The van der Waals surface area contributed by atoms with Crippen LogP contribution in [0.1, 0.15) is 13.3 Å². The lowest BCUT2D eigenvalue weighted by Crippen LogP contribution is -2.17. The molecule has 0 atom stereocenters. The van der Waals surface area contributed by atoms with Crippen LogP contribution in [0.4, 0.5) is 11.4 Å². The van der Waals surface area contributed by atoms with Gasteiger partial charge in [-0.3, -0.25) is 18.7 Å². The van der Waals surface area contributed by atoms with Gasteiger partial charge in [0.05, 0.1) is 12.1 Å². The fraction of sp³-hybridized carbons (Fsp3) is 0.200. The third kappa shape index (κ3) is 4.49. The first-order chi connectivity index (χ1) is 9.82. The van der Waals surface area contributed by atoms with Crippen LogP contribution in [0.5, 0.6) is 0 Å². The van der Waals surface area contributed by atoms with E-state index in [9.17, 15) is 26.4 Å². The van der Waals surface area contributed by atoms with Gasteiger partial charge in [-0.05, 0) is 19.1 Å². The van der Waals surface area contributed by atoms with Crippen molar-refractivity contribution in [3.8, 4) is 0 Å². The van der Waals surface area contributed by atoms with Gasteiger partial charge in [0.25, 0.3) is 20.2 Å². The van der Waals surface area contributed by atoms with E-state index in [0.717, 1.165) is 6.92 Å². The van der Waals surface area contributed by atoms with Crippen LogP contribution >= 0.6 is 0 Å². The first-order valence-corrected chi connectivity index (χ1v) is 8.38. The lowest BCUT2D eigenvalue weighted by Gasteiger charge is -2.11. The molecule has 122 valence electrons. The highest BCUT2D eigenvalue weighted by Gasteiger charge is 2.24. The summed E-state index contributed by atoms with van der Waals surface area (Å²) in [5, 5.41) is 2.06. The van der Waals surface area contributed by atoms with Crippen LogP contribution < -0.4 is 11.1 Å². The Morgan fingerprint density at radius 3 is 1.82 bits per heavy atom. The summed E-state index contributed by atoms with van der Waals surface area (Å²) in [7, 11) is -9.83. The topological polar surface area (TPSA) is 181 Å². The maximum absolute atomic E-state index is 11.4. The maximum atomic E-state index is 11.4. The van der Waals surface area contributed by atoms with Crippen molar-refractivity contribution in [2.24, 2.45) is 0 Å². The first-order valence-electron chi connectivity index (χ1n) is 5.50. The molecule has 0 aromatic heterocycles. The number of rotatable bonds is 5. The normalized spacial score (nSPS) is 12.0. The molecule has 1 aromatic carbocycles. The molecule has 1 aromatic rings. The zero-order valence-electron chi connectivity index (χ0n) is 11.1. The van der Waals surface area contributed by atoms with Gasteiger partial charge in [-0.25, -0.2) is 0 Å². The Morgan fingerprint density at radius 1 is 1.09 bits per heavy atom. The van der Waals surface area contributed by atoms with Crippen LogP contribution in [0.25, 0.3) is 0 Å². The average molecular weight is 352 g/mol. The average Bonchev–Trinajstić information content (AvgIpc) is 2.26. The van der Waals surface area contributed by atoms with E-state index in [1.807, 2.05) is 0 Å². The van der Waals surface area contributed by atoms with Gasteiger partial charge in [0, 0.05) is 5.69 Å². The van der Waals surface area contributed by atoms with Gasteiger partial charge < -0.3 is 11.1 Å². The summed E-state index contributed by atoms with van der Waals surface area (Å²) < 4.78 is 62.7. The molecule has 0 radical (unpaired) electrons. The van der Waals surface area contributed by atoms with Crippen molar-refractivity contribution in [3.05, 3.63) is 12.1 Å². The summed E-state index contributed by atoms with van der Waals surface area (Å²) >= 11 is 0. The summed E-state index contributed by atoms with van der Waals surface area (Å²) in [5.74, 6) is -1.34. The molecular weight excluding hydrogens is 340 g/mol. The summed E-state index contributed by atoms with van der Waals surface area (Å²) in [5.41, 5.74) is 3.99. The molecule has 0 spiro atoms. The Labute approximate surface area is 125 Å². The number of carbonyl (C=O) groups is 2. The molecule has 0 heterocycles. The van der Waals surface area contributed by atoms with Crippen LogP contribution in [0.2, 0.25) is 0 Å². The number of hydrogen-bond donors (Lipinski definition) is 4. The standard InChI is InChI=1S/C10H12N2O8S2/c1-5(13)2-9(14)12-6-3-7(21(15,16)17)10(11)8(4-6)22(18,19)20/h3-4H,2,11H2,1H3,(H,12,14)(H,15,16,17)(H,18,19,20). The van der Waals surface area contributed by atoms with Gasteiger partial charge in [0.1, 0.15) is 15.6 Å². The molecule has 12 heteroatoms. The molecule has 0 saturated heterocycles. The van der Waals surface area contributed by atoms with E-state index in [1.54, 1.807) is 0 Å². The maximum Gasteiger partial charge on any atom is 0.296 e. The van der Waals surface area contributed by atoms with Crippen molar-refractivity contribution >= 4 is 43.3 Å². The predicted molar refractivity (Wildman–Crippen MR) is 74.4 cm³/mol. The number of nitrogen functional groups attached to an aromatic ring is 1. The van der Waals surface area contributed by atoms with E-state index >= 15 is 0 Å². The number of hydrogen-bond acceptors (Lipinski definition) is 7. The van der Waals surface area contributed by atoms with E-state index in [4.69, 9.17) is 14.8 Å². The Balaban J connectivity index is 3.49. The van der Waals surface area contributed by atoms with Crippen molar-refractivity contribution in [2.75, 3.05) is 11.1 Å². The summed E-state index contributed by atoms with van der Waals surface area (Å²) in [6, 6.07) is 1.38. The third-order valence-corrected chi connectivity index (χ3v) is 4.14.